The van der Waals surface area contributed by atoms with Gasteiger partial charge in [-0.3, -0.25) is 9.59 Å². The molecule has 0 bridgehead atoms. The number of para-hydroxylation sites is 1. The molecule has 2 aromatic heterocycles. The van der Waals surface area contributed by atoms with Crippen LogP contribution in [-0.2, 0) is 11.0 Å². The van der Waals surface area contributed by atoms with Crippen LogP contribution in [-0.4, -0.2) is 21.1 Å². The maximum absolute atomic E-state index is 13.2. The van der Waals surface area contributed by atoms with E-state index in [-0.39, 0.29) is 16.4 Å². The number of aromatic amines is 1. The summed E-state index contributed by atoms with van der Waals surface area (Å²) in [6, 6.07) is 12.8. The van der Waals surface area contributed by atoms with Crippen molar-refractivity contribution >= 4 is 44.9 Å². The molecule has 0 aliphatic rings. The van der Waals surface area contributed by atoms with Crippen LogP contribution in [0.4, 0.5) is 18.9 Å². The molecule has 0 saturated carbocycles. The van der Waals surface area contributed by atoms with Gasteiger partial charge in [0.15, 0.2) is 5.16 Å². The molecule has 0 fully saturated rings. The van der Waals surface area contributed by atoms with Gasteiger partial charge in [0.05, 0.1) is 21.9 Å². The van der Waals surface area contributed by atoms with Crippen LogP contribution in [0.3, 0.4) is 0 Å². The zero-order chi connectivity index (χ0) is 25.3. The van der Waals surface area contributed by atoms with Crippen molar-refractivity contribution < 1.29 is 18.0 Å². The van der Waals surface area contributed by atoms with Gasteiger partial charge in [-0.05, 0) is 36.1 Å². The van der Waals surface area contributed by atoms with Crippen LogP contribution in [0.15, 0.2) is 63.9 Å². The van der Waals surface area contributed by atoms with Crippen molar-refractivity contribution in [2.45, 2.75) is 43.3 Å². The summed E-state index contributed by atoms with van der Waals surface area (Å²) in [5, 5.41) is 4.08. The first-order chi connectivity index (χ1) is 16.5. The average Bonchev–Trinajstić information content (AvgIpc) is 3.23. The lowest BCUT2D eigenvalue weighted by Gasteiger charge is -2.16. The second-order valence-corrected chi connectivity index (χ2v) is 10.5. The Morgan fingerprint density at radius 2 is 1.77 bits per heavy atom. The normalized spacial score (nSPS) is 12.8. The molecule has 0 saturated heterocycles. The van der Waals surface area contributed by atoms with Crippen molar-refractivity contribution in [2.24, 2.45) is 0 Å². The van der Waals surface area contributed by atoms with E-state index in [2.05, 4.69) is 29.1 Å². The minimum Gasteiger partial charge on any atom is -0.325 e. The van der Waals surface area contributed by atoms with Gasteiger partial charge in [0.25, 0.3) is 5.56 Å². The lowest BCUT2D eigenvalue weighted by molar-refractivity contribution is -0.137. The van der Waals surface area contributed by atoms with Crippen LogP contribution < -0.4 is 10.9 Å². The quantitative estimate of drug-likeness (QED) is 0.215. The first-order valence-electron chi connectivity index (χ1n) is 10.8. The monoisotopic (exact) mass is 517 g/mol. The predicted octanol–water partition coefficient (Wildman–Crippen LogP) is 6.91. The van der Waals surface area contributed by atoms with Gasteiger partial charge in [0, 0.05) is 10.9 Å². The fraction of sp³-hybridized carbons (Fsp3) is 0.240. The van der Waals surface area contributed by atoms with E-state index in [1.165, 1.54) is 42.0 Å². The molecule has 1 amide bonds. The van der Waals surface area contributed by atoms with Crippen molar-refractivity contribution in [3.8, 4) is 11.1 Å². The summed E-state index contributed by atoms with van der Waals surface area (Å²) in [4.78, 5) is 33.2. The Hall–Kier alpha value is -3.11. The second kappa shape index (κ2) is 9.87. The molecule has 182 valence electrons. The molecule has 0 spiro atoms. The van der Waals surface area contributed by atoms with Gasteiger partial charge in [-0.2, -0.15) is 13.2 Å². The fourth-order valence-corrected chi connectivity index (χ4v) is 5.34. The number of H-pyrrole nitrogens is 1. The number of thiophene rings is 1. The van der Waals surface area contributed by atoms with Crippen LogP contribution in [0.25, 0.3) is 21.3 Å². The van der Waals surface area contributed by atoms with Crippen molar-refractivity contribution in [3.05, 3.63) is 75.4 Å². The highest BCUT2D eigenvalue weighted by molar-refractivity contribution is 8.00. The minimum atomic E-state index is -4.59. The van der Waals surface area contributed by atoms with E-state index in [0.29, 0.717) is 16.1 Å². The number of benzene rings is 2. The largest absolute Gasteiger partial charge is 0.418 e. The topological polar surface area (TPSA) is 74.8 Å². The highest BCUT2D eigenvalue weighted by Gasteiger charge is 2.34. The number of hydrogen-bond donors (Lipinski definition) is 2. The smallest absolute Gasteiger partial charge is 0.325 e. The summed E-state index contributed by atoms with van der Waals surface area (Å²) < 4.78 is 39.6. The Balaban J connectivity index is 1.55. The lowest BCUT2D eigenvalue weighted by atomic mass is 9.99. The van der Waals surface area contributed by atoms with Gasteiger partial charge in [-0.1, -0.05) is 62.0 Å². The number of carbonyl (C=O) groups excluding carboxylic acids is 1. The summed E-state index contributed by atoms with van der Waals surface area (Å²) in [5.41, 5.74) is 1.30. The van der Waals surface area contributed by atoms with Gasteiger partial charge in [0.2, 0.25) is 5.91 Å². The average molecular weight is 518 g/mol. The highest BCUT2D eigenvalue weighted by Crippen LogP contribution is 2.35. The Labute approximate surface area is 207 Å². The molecule has 0 aliphatic heterocycles. The van der Waals surface area contributed by atoms with Crippen molar-refractivity contribution in [3.63, 3.8) is 0 Å². The highest BCUT2D eigenvalue weighted by atomic mass is 32.2. The van der Waals surface area contributed by atoms with Crippen LogP contribution in [0.2, 0.25) is 0 Å². The number of anilines is 1. The first kappa shape index (κ1) is 25.0. The van der Waals surface area contributed by atoms with Crippen LogP contribution in [0.5, 0.6) is 0 Å². The Kier molecular flexibility index (Phi) is 7.05. The maximum atomic E-state index is 13.2. The second-order valence-electron chi connectivity index (χ2n) is 8.27. The molecular formula is C25H22F3N3O2S2. The third-order valence-corrected chi connectivity index (χ3v) is 7.32. The summed E-state index contributed by atoms with van der Waals surface area (Å²) >= 11 is 2.29. The maximum Gasteiger partial charge on any atom is 0.418 e. The number of thioether (sulfide) groups is 1. The van der Waals surface area contributed by atoms with Gasteiger partial charge >= 0.3 is 6.18 Å². The molecule has 2 N–H and O–H groups in total. The summed E-state index contributed by atoms with van der Waals surface area (Å²) in [6.45, 7) is 5.76. The number of rotatable bonds is 6. The number of nitrogens with zero attached hydrogens (tertiary/aromatic N) is 1. The van der Waals surface area contributed by atoms with Crippen LogP contribution in [0, 0.1) is 0 Å². The van der Waals surface area contributed by atoms with Gasteiger partial charge in [-0.15, -0.1) is 11.3 Å². The third kappa shape index (κ3) is 5.43. The van der Waals surface area contributed by atoms with Crippen molar-refractivity contribution in [2.75, 3.05) is 5.32 Å². The standard InChI is InChI=1S/C25H22F3N3O2S2/c1-13(2)15-8-10-16(11-9-15)17-12-34-23-20(17)22(33)30-24(31-23)35-14(3)21(32)29-19-7-5-4-6-18(19)25(26,27)28/h4-14H,1-3H3,(H,29,32)(H,30,31,33). The molecule has 0 radical (unpaired) electrons. The molecule has 2 aromatic carbocycles. The lowest BCUT2D eigenvalue weighted by Crippen LogP contribution is -2.24. The van der Waals surface area contributed by atoms with Gasteiger partial charge in [-0.25, -0.2) is 4.98 Å². The number of alkyl halides is 3. The minimum absolute atomic E-state index is 0.220. The van der Waals surface area contributed by atoms with E-state index in [9.17, 15) is 22.8 Å². The van der Waals surface area contributed by atoms with E-state index in [1.807, 2.05) is 29.6 Å². The first-order valence-corrected chi connectivity index (χ1v) is 12.6. The number of amides is 1. The number of fused-ring (bicyclic) bond motifs is 1. The van der Waals surface area contributed by atoms with Crippen molar-refractivity contribution in [1.29, 1.82) is 0 Å². The zero-order valence-electron chi connectivity index (χ0n) is 19.1. The summed E-state index contributed by atoms with van der Waals surface area (Å²) in [7, 11) is 0. The Morgan fingerprint density at radius 3 is 2.43 bits per heavy atom. The third-order valence-electron chi connectivity index (χ3n) is 5.46. The van der Waals surface area contributed by atoms with E-state index in [1.54, 1.807) is 0 Å². The molecule has 4 rings (SSSR count). The van der Waals surface area contributed by atoms with Crippen LogP contribution >= 0.6 is 23.1 Å². The summed E-state index contributed by atoms with van der Waals surface area (Å²) in [6.07, 6.45) is -4.59. The molecule has 10 heteroatoms. The molecule has 35 heavy (non-hydrogen) atoms. The molecule has 1 unspecified atom stereocenters. The number of halogens is 3. The summed E-state index contributed by atoms with van der Waals surface area (Å²) in [5.74, 6) is -0.236. The molecule has 5 nitrogen and oxygen atoms in total. The van der Waals surface area contributed by atoms with E-state index in [4.69, 9.17) is 0 Å². The fourth-order valence-electron chi connectivity index (χ4n) is 3.54. The number of nitrogens with one attached hydrogen (secondary N) is 2. The van der Waals surface area contributed by atoms with E-state index in [0.717, 1.165) is 29.0 Å². The predicted molar refractivity (Wildman–Crippen MR) is 135 cm³/mol. The van der Waals surface area contributed by atoms with Gasteiger partial charge < -0.3 is 10.3 Å². The molecule has 1 atom stereocenters. The molecular weight excluding hydrogens is 495 g/mol. The Morgan fingerprint density at radius 1 is 1.09 bits per heavy atom. The number of aromatic nitrogens is 2. The Bertz CT molecular complexity index is 1430. The molecule has 4 aromatic rings. The SMILES string of the molecule is CC(Sc1nc2scc(-c3ccc(C(C)C)cc3)c2c(=O)[nH]1)C(=O)Nc1ccccc1C(F)(F)F. The molecule has 2 heterocycles. The van der Waals surface area contributed by atoms with E-state index < -0.39 is 22.9 Å². The van der Waals surface area contributed by atoms with E-state index >= 15 is 0 Å². The van der Waals surface area contributed by atoms with Crippen LogP contribution in [0.1, 0.15) is 37.8 Å². The van der Waals surface area contributed by atoms with Gasteiger partial charge in [0.1, 0.15) is 4.83 Å². The zero-order valence-corrected chi connectivity index (χ0v) is 20.7. The van der Waals surface area contributed by atoms with Crippen molar-refractivity contribution in [1.82, 2.24) is 9.97 Å². The number of carbonyl (C=O) groups is 1. The molecule has 0 aliphatic carbocycles. The number of hydrogen-bond acceptors (Lipinski definition) is 5.